The molecule has 5 nitrogen and oxygen atoms in total. The molecule has 1 spiro atoms. The second kappa shape index (κ2) is 7.78. The highest BCUT2D eigenvalue weighted by Gasteiger charge is 2.48. The average molecular weight is 453 g/mol. The van der Waals surface area contributed by atoms with Crippen LogP contribution in [0.1, 0.15) is 48.2 Å². The Kier molecular flexibility index (Phi) is 5.54. The molecule has 1 aliphatic carbocycles. The number of nitrogens with one attached hydrogen (secondary N) is 1. The summed E-state index contributed by atoms with van der Waals surface area (Å²) < 4.78 is 38.8. The lowest BCUT2D eigenvalue weighted by Crippen LogP contribution is -2.63. The number of nitrogens with zero attached hydrogens (tertiary/aromatic N) is 3. The van der Waals surface area contributed by atoms with E-state index in [-0.39, 0.29) is 17.1 Å². The van der Waals surface area contributed by atoms with Crippen LogP contribution in [-0.4, -0.2) is 42.1 Å². The summed E-state index contributed by atoms with van der Waals surface area (Å²) in [6, 6.07) is 5.00. The summed E-state index contributed by atoms with van der Waals surface area (Å²) in [7, 11) is 4.22. The maximum absolute atomic E-state index is 13.0. The lowest BCUT2D eigenvalue weighted by molar-refractivity contribution is -0.141. The van der Waals surface area contributed by atoms with Crippen molar-refractivity contribution < 1.29 is 18.0 Å². The van der Waals surface area contributed by atoms with Crippen LogP contribution in [0.3, 0.4) is 0 Å². The molecule has 0 radical (unpaired) electrons. The molecule has 1 aliphatic heterocycles. The van der Waals surface area contributed by atoms with E-state index in [9.17, 15) is 18.0 Å². The molecular formula is C22H27F3N4OS. The van der Waals surface area contributed by atoms with Crippen molar-refractivity contribution in [3.05, 3.63) is 45.9 Å². The van der Waals surface area contributed by atoms with Gasteiger partial charge in [0.25, 0.3) is 0 Å². The minimum absolute atomic E-state index is 0.0186. The zero-order valence-electron chi connectivity index (χ0n) is 17.9. The highest BCUT2D eigenvalue weighted by Crippen LogP contribution is 2.48. The first-order valence-electron chi connectivity index (χ1n) is 10.4. The number of urea groups is 1. The van der Waals surface area contributed by atoms with Gasteiger partial charge in [-0.1, -0.05) is 6.07 Å². The first-order chi connectivity index (χ1) is 14.6. The van der Waals surface area contributed by atoms with E-state index in [0.29, 0.717) is 17.8 Å². The lowest BCUT2D eigenvalue weighted by atomic mass is 9.69. The molecule has 0 aromatic carbocycles. The van der Waals surface area contributed by atoms with Crippen molar-refractivity contribution in [3.63, 3.8) is 0 Å². The first-order valence-corrected chi connectivity index (χ1v) is 11.3. The number of halogens is 3. The van der Waals surface area contributed by atoms with Gasteiger partial charge in [-0.15, -0.1) is 11.3 Å². The normalized spacial score (nSPS) is 27.1. The molecule has 2 aromatic rings. The van der Waals surface area contributed by atoms with Gasteiger partial charge in [0.05, 0.1) is 17.4 Å². The van der Waals surface area contributed by atoms with Gasteiger partial charge in [-0.25, -0.2) is 9.78 Å². The highest BCUT2D eigenvalue weighted by molar-refractivity contribution is 7.10. The predicted molar refractivity (Wildman–Crippen MR) is 115 cm³/mol. The van der Waals surface area contributed by atoms with Gasteiger partial charge in [-0.2, -0.15) is 13.2 Å². The van der Waals surface area contributed by atoms with Crippen LogP contribution < -0.4 is 10.2 Å². The zero-order chi connectivity index (χ0) is 22.4. The third-order valence-corrected chi connectivity index (χ3v) is 8.03. The van der Waals surface area contributed by atoms with Crippen LogP contribution in [0.2, 0.25) is 0 Å². The molecule has 1 saturated heterocycles. The number of aromatic nitrogens is 1. The van der Waals surface area contributed by atoms with E-state index >= 15 is 0 Å². The van der Waals surface area contributed by atoms with Crippen LogP contribution in [0.4, 0.5) is 23.7 Å². The summed E-state index contributed by atoms with van der Waals surface area (Å²) in [6.07, 6.45) is 1.04. The van der Waals surface area contributed by atoms with Gasteiger partial charge in [0.2, 0.25) is 0 Å². The predicted octanol–water partition coefficient (Wildman–Crippen LogP) is 5.16. The molecule has 0 bridgehead atoms. The second-order valence-electron chi connectivity index (χ2n) is 8.87. The van der Waals surface area contributed by atoms with Crippen LogP contribution in [0, 0.1) is 6.92 Å². The fourth-order valence-corrected chi connectivity index (χ4v) is 6.04. The van der Waals surface area contributed by atoms with E-state index in [2.05, 4.69) is 46.8 Å². The minimum Gasteiger partial charge on any atom is -0.332 e. The second-order valence-corrected chi connectivity index (χ2v) is 9.82. The van der Waals surface area contributed by atoms with Gasteiger partial charge in [0.15, 0.2) is 0 Å². The molecule has 1 saturated carbocycles. The summed E-state index contributed by atoms with van der Waals surface area (Å²) >= 11 is 1.77. The van der Waals surface area contributed by atoms with Gasteiger partial charge >= 0.3 is 12.2 Å². The van der Waals surface area contributed by atoms with Crippen molar-refractivity contribution in [2.24, 2.45) is 0 Å². The Labute approximate surface area is 184 Å². The number of carbonyl (C=O) groups excluding carboxylic acids is 1. The van der Waals surface area contributed by atoms with E-state index in [1.165, 1.54) is 9.78 Å². The van der Waals surface area contributed by atoms with Gasteiger partial charge in [0.1, 0.15) is 5.69 Å². The van der Waals surface area contributed by atoms with E-state index in [0.717, 1.165) is 44.4 Å². The number of hydrogen-bond donors (Lipinski definition) is 1. The maximum atomic E-state index is 13.0. The number of alkyl halides is 3. The monoisotopic (exact) mass is 452 g/mol. The number of amides is 2. The summed E-state index contributed by atoms with van der Waals surface area (Å²) in [5.41, 5.74) is -0.408. The molecule has 0 atom stereocenters. The number of rotatable bonds is 3. The molecule has 0 unspecified atom stereocenters. The largest absolute Gasteiger partial charge is 0.433 e. The quantitative estimate of drug-likeness (QED) is 0.700. The topological polar surface area (TPSA) is 48.5 Å². The fraction of sp³-hybridized carbons (Fsp3) is 0.545. The number of pyridine rings is 1. The van der Waals surface area contributed by atoms with E-state index in [1.807, 2.05) is 0 Å². The van der Waals surface area contributed by atoms with E-state index < -0.39 is 11.9 Å². The minimum atomic E-state index is -4.50. The Morgan fingerprint density at radius 3 is 2.42 bits per heavy atom. The number of anilines is 1. The number of carbonyl (C=O) groups is 1. The van der Waals surface area contributed by atoms with Crippen molar-refractivity contribution in [1.29, 1.82) is 0 Å². The van der Waals surface area contributed by atoms with Crippen LogP contribution in [0.25, 0.3) is 0 Å². The van der Waals surface area contributed by atoms with Gasteiger partial charge in [0, 0.05) is 17.0 Å². The van der Waals surface area contributed by atoms with Crippen molar-refractivity contribution in [2.45, 2.75) is 56.3 Å². The molecule has 2 fully saturated rings. The third kappa shape index (κ3) is 3.93. The Morgan fingerprint density at radius 2 is 1.90 bits per heavy atom. The summed E-state index contributed by atoms with van der Waals surface area (Å²) in [6.45, 7) is 2.05. The van der Waals surface area contributed by atoms with Crippen LogP contribution >= 0.6 is 11.3 Å². The molecule has 3 heterocycles. The van der Waals surface area contributed by atoms with Crippen molar-refractivity contribution in [1.82, 2.24) is 15.2 Å². The molecule has 2 aliphatic rings. The van der Waals surface area contributed by atoms with Gasteiger partial charge in [-0.05, 0) is 76.2 Å². The van der Waals surface area contributed by atoms with Gasteiger partial charge in [-0.3, -0.25) is 9.80 Å². The number of thiophene rings is 1. The van der Waals surface area contributed by atoms with Crippen LogP contribution in [-0.2, 0) is 11.7 Å². The molecule has 2 aromatic heterocycles. The Balaban J connectivity index is 1.49. The molecule has 2 amide bonds. The fourth-order valence-electron chi connectivity index (χ4n) is 4.97. The Hall–Kier alpha value is -2.13. The molecular weight excluding hydrogens is 425 g/mol. The summed E-state index contributed by atoms with van der Waals surface area (Å²) in [5, 5.41) is 5.30. The SMILES string of the molecule is Cc1cc(C(F)(F)F)ncc1N1CC[C@]2(CC[C@](c3cccs3)(N(C)C)CC2)NC1=O. The van der Waals surface area contributed by atoms with Crippen molar-refractivity contribution in [2.75, 3.05) is 25.5 Å². The molecule has 9 heteroatoms. The molecule has 1 N–H and O–H groups in total. The number of hydrogen-bond acceptors (Lipinski definition) is 4. The van der Waals surface area contributed by atoms with Crippen molar-refractivity contribution >= 4 is 23.1 Å². The van der Waals surface area contributed by atoms with Crippen LogP contribution in [0.15, 0.2) is 29.8 Å². The molecule has 4 rings (SSSR count). The summed E-state index contributed by atoms with van der Waals surface area (Å²) in [5.74, 6) is 0. The standard InChI is InChI=1S/C22H27F3N4OS/c1-15-13-17(22(23,24)25)26-14-16(15)29-11-10-20(27-19(29)30)6-8-21(9-7-20,28(2)3)18-5-4-12-31-18/h4-5,12-14H,6-11H2,1-3H3,(H,27,30)/t20-,21+. The van der Waals surface area contributed by atoms with Crippen LogP contribution in [0.5, 0.6) is 0 Å². The van der Waals surface area contributed by atoms with Crippen molar-refractivity contribution in [3.8, 4) is 0 Å². The Bertz CT molecular complexity index is 950. The maximum Gasteiger partial charge on any atom is 0.433 e. The van der Waals surface area contributed by atoms with Gasteiger partial charge < -0.3 is 5.32 Å². The Morgan fingerprint density at radius 1 is 1.19 bits per heavy atom. The molecule has 168 valence electrons. The smallest absolute Gasteiger partial charge is 0.332 e. The van der Waals surface area contributed by atoms with E-state index in [1.54, 1.807) is 18.3 Å². The third-order valence-electron chi connectivity index (χ3n) is 6.97. The zero-order valence-corrected chi connectivity index (χ0v) is 18.7. The number of aryl methyl sites for hydroxylation is 1. The van der Waals surface area contributed by atoms with E-state index in [4.69, 9.17) is 0 Å². The average Bonchev–Trinajstić information content (AvgIpc) is 3.24. The summed E-state index contributed by atoms with van der Waals surface area (Å²) in [4.78, 5) is 21.7. The lowest BCUT2D eigenvalue weighted by Gasteiger charge is -2.52. The molecule has 31 heavy (non-hydrogen) atoms. The highest BCUT2D eigenvalue weighted by atomic mass is 32.1. The first kappa shape index (κ1) is 22.1.